The van der Waals surface area contributed by atoms with Crippen molar-refractivity contribution in [1.29, 1.82) is 0 Å². The van der Waals surface area contributed by atoms with Crippen molar-refractivity contribution in [2.45, 2.75) is 49.6 Å². The van der Waals surface area contributed by atoms with Crippen LogP contribution in [0.2, 0.25) is 0 Å². The molecule has 2 aromatic rings. The van der Waals surface area contributed by atoms with Crippen LogP contribution < -0.4 is 0 Å². The number of benzene rings is 1. The first-order valence-corrected chi connectivity index (χ1v) is 9.34. The zero-order valence-corrected chi connectivity index (χ0v) is 13.9. The van der Waals surface area contributed by atoms with Crippen molar-refractivity contribution < 1.29 is 0 Å². The number of hydrogen-bond donors (Lipinski definition) is 0. The van der Waals surface area contributed by atoms with Gasteiger partial charge in [0, 0.05) is 0 Å². The third kappa shape index (κ3) is 4.38. The van der Waals surface area contributed by atoms with Gasteiger partial charge in [0.05, 0.1) is 11.0 Å². The van der Waals surface area contributed by atoms with Gasteiger partial charge in [-0.1, -0.05) is 38.8 Å². The summed E-state index contributed by atoms with van der Waals surface area (Å²) < 4.78 is 0. The molecule has 108 valence electrons. The lowest BCUT2D eigenvalue weighted by atomic mass is 10.3. The Morgan fingerprint density at radius 3 is 1.65 bits per heavy atom. The molecule has 1 aromatic carbocycles. The van der Waals surface area contributed by atoms with Gasteiger partial charge in [0.15, 0.2) is 0 Å². The lowest BCUT2D eigenvalue weighted by Gasteiger charge is -2.08. The summed E-state index contributed by atoms with van der Waals surface area (Å²) in [5, 5.41) is 2.22. The highest BCUT2D eigenvalue weighted by Crippen LogP contribution is 2.30. The van der Waals surface area contributed by atoms with E-state index in [0.29, 0.717) is 0 Å². The van der Waals surface area contributed by atoms with Gasteiger partial charge in [0.1, 0.15) is 10.1 Å². The van der Waals surface area contributed by atoms with E-state index in [4.69, 9.17) is 9.97 Å². The maximum absolute atomic E-state index is 4.81. The topological polar surface area (TPSA) is 25.8 Å². The van der Waals surface area contributed by atoms with E-state index in [0.717, 1.165) is 32.6 Å². The van der Waals surface area contributed by atoms with Crippen molar-refractivity contribution in [3.05, 3.63) is 24.3 Å². The Labute approximate surface area is 130 Å². The van der Waals surface area contributed by atoms with Gasteiger partial charge in [-0.05, 0) is 36.5 Å². The molecule has 0 aliphatic heterocycles. The zero-order valence-electron chi connectivity index (χ0n) is 12.3. The molecule has 0 bridgehead atoms. The van der Waals surface area contributed by atoms with Gasteiger partial charge in [-0.25, -0.2) is 9.97 Å². The molecular formula is C16H22N2S2. The molecule has 0 atom stereocenters. The predicted octanol–water partition coefficient (Wildman–Crippen LogP) is 5.41. The number of fused-ring (bicyclic) bond motifs is 1. The van der Waals surface area contributed by atoms with Gasteiger partial charge < -0.3 is 0 Å². The van der Waals surface area contributed by atoms with E-state index in [1.54, 1.807) is 0 Å². The van der Waals surface area contributed by atoms with E-state index in [1.165, 1.54) is 25.7 Å². The summed E-state index contributed by atoms with van der Waals surface area (Å²) >= 11 is 3.70. The first kappa shape index (κ1) is 15.6. The summed E-state index contributed by atoms with van der Waals surface area (Å²) in [7, 11) is 0. The maximum Gasteiger partial charge on any atom is 0.129 e. The van der Waals surface area contributed by atoms with Gasteiger partial charge in [-0.2, -0.15) is 0 Å². The van der Waals surface area contributed by atoms with Gasteiger partial charge in [-0.15, -0.1) is 23.5 Å². The van der Waals surface area contributed by atoms with Crippen molar-refractivity contribution in [1.82, 2.24) is 9.97 Å². The van der Waals surface area contributed by atoms with Crippen LogP contribution in [0.15, 0.2) is 34.3 Å². The van der Waals surface area contributed by atoms with E-state index in [1.807, 2.05) is 47.8 Å². The summed E-state index contributed by atoms with van der Waals surface area (Å²) in [6.07, 6.45) is 4.93. The average Bonchev–Trinajstić information content (AvgIpc) is 2.48. The second kappa shape index (κ2) is 8.53. The number of nitrogens with zero attached hydrogens (tertiary/aromatic N) is 2. The third-order valence-electron chi connectivity index (χ3n) is 2.98. The molecule has 0 radical (unpaired) electrons. The fourth-order valence-corrected chi connectivity index (χ4v) is 4.05. The Hall–Kier alpha value is -0.740. The molecule has 0 N–H and O–H groups in total. The summed E-state index contributed by atoms with van der Waals surface area (Å²) in [4.78, 5) is 9.61. The molecule has 1 aromatic heterocycles. The SMILES string of the molecule is CCCCSc1nc2ccccc2nc1SCCCC. The van der Waals surface area contributed by atoms with Crippen LogP contribution in [0.1, 0.15) is 39.5 Å². The minimum absolute atomic E-state index is 1.01. The molecule has 0 aliphatic carbocycles. The van der Waals surface area contributed by atoms with Gasteiger partial charge >= 0.3 is 0 Å². The Kier molecular flexibility index (Phi) is 6.67. The Bertz CT molecular complexity index is 494. The molecule has 1 heterocycles. The van der Waals surface area contributed by atoms with E-state index in [2.05, 4.69) is 13.8 Å². The van der Waals surface area contributed by atoms with Crippen molar-refractivity contribution in [3.8, 4) is 0 Å². The fraction of sp³-hybridized carbons (Fsp3) is 0.500. The first-order chi connectivity index (χ1) is 9.85. The lowest BCUT2D eigenvalue weighted by molar-refractivity contribution is 0.883. The molecule has 0 aliphatic rings. The number of rotatable bonds is 8. The normalized spacial score (nSPS) is 11.1. The Morgan fingerprint density at radius 1 is 0.800 bits per heavy atom. The van der Waals surface area contributed by atoms with E-state index in [-0.39, 0.29) is 0 Å². The van der Waals surface area contributed by atoms with Crippen molar-refractivity contribution in [2.75, 3.05) is 11.5 Å². The highest BCUT2D eigenvalue weighted by atomic mass is 32.2. The molecule has 0 saturated carbocycles. The second-order valence-electron chi connectivity index (χ2n) is 4.73. The highest BCUT2D eigenvalue weighted by Gasteiger charge is 2.09. The monoisotopic (exact) mass is 306 g/mol. The molecule has 0 saturated heterocycles. The van der Waals surface area contributed by atoms with Crippen LogP contribution in [-0.2, 0) is 0 Å². The molecule has 2 nitrogen and oxygen atoms in total. The fourth-order valence-electron chi connectivity index (χ4n) is 1.78. The smallest absolute Gasteiger partial charge is 0.129 e. The number of unbranched alkanes of at least 4 members (excludes halogenated alkanes) is 2. The maximum atomic E-state index is 4.81. The van der Waals surface area contributed by atoms with Crippen molar-refractivity contribution >= 4 is 34.6 Å². The van der Waals surface area contributed by atoms with E-state index >= 15 is 0 Å². The molecule has 2 rings (SSSR count). The minimum Gasteiger partial charge on any atom is -0.237 e. The van der Waals surface area contributed by atoms with E-state index in [9.17, 15) is 0 Å². The van der Waals surface area contributed by atoms with Crippen LogP contribution in [0, 0.1) is 0 Å². The van der Waals surface area contributed by atoms with Crippen LogP contribution in [0.4, 0.5) is 0 Å². The molecule has 20 heavy (non-hydrogen) atoms. The van der Waals surface area contributed by atoms with Crippen LogP contribution in [0.5, 0.6) is 0 Å². The van der Waals surface area contributed by atoms with Crippen LogP contribution in [-0.4, -0.2) is 21.5 Å². The van der Waals surface area contributed by atoms with Crippen LogP contribution in [0.25, 0.3) is 11.0 Å². The number of thioether (sulfide) groups is 2. The quantitative estimate of drug-likeness (QED) is 0.481. The second-order valence-corrected chi connectivity index (χ2v) is 6.89. The predicted molar refractivity (Wildman–Crippen MR) is 90.8 cm³/mol. The molecule has 0 spiro atoms. The van der Waals surface area contributed by atoms with Crippen LogP contribution in [0.3, 0.4) is 0 Å². The third-order valence-corrected chi connectivity index (χ3v) is 5.21. The number of para-hydroxylation sites is 2. The largest absolute Gasteiger partial charge is 0.237 e. The highest BCUT2D eigenvalue weighted by molar-refractivity contribution is 8.02. The molecular weight excluding hydrogens is 284 g/mol. The van der Waals surface area contributed by atoms with Crippen molar-refractivity contribution in [3.63, 3.8) is 0 Å². The Morgan fingerprint density at radius 2 is 1.25 bits per heavy atom. The average molecular weight is 307 g/mol. The minimum atomic E-state index is 1.01. The summed E-state index contributed by atoms with van der Waals surface area (Å²) in [6, 6.07) is 8.15. The van der Waals surface area contributed by atoms with Crippen LogP contribution >= 0.6 is 23.5 Å². The zero-order chi connectivity index (χ0) is 14.2. The molecule has 0 fully saturated rings. The summed E-state index contributed by atoms with van der Waals surface area (Å²) in [5.74, 6) is 2.26. The lowest BCUT2D eigenvalue weighted by Crippen LogP contribution is -1.94. The van der Waals surface area contributed by atoms with Crippen molar-refractivity contribution in [2.24, 2.45) is 0 Å². The number of hydrogen-bond acceptors (Lipinski definition) is 4. The Balaban J connectivity index is 2.21. The molecule has 0 amide bonds. The summed E-state index contributed by atoms with van der Waals surface area (Å²) in [6.45, 7) is 4.45. The molecule has 0 unspecified atom stereocenters. The molecule has 4 heteroatoms. The summed E-state index contributed by atoms with van der Waals surface area (Å²) in [5.41, 5.74) is 2.01. The van der Waals surface area contributed by atoms with Gasteiger partial charge in [0.2, 0.25) is 0 Å². The van der Waals surface area contributed by atoms with E-state index < -0.39 is 0 Å². The standard InChI is InChI=1S/C16H22N2S2/c1-3-5-11-19-15-16(20-12-6-4-2)18-14-10-8-7-9-13(14)17-15/h7-10H,3-6,11-12H2,1-2H3. The van der Waals surface area contributed by atoms with Gasteiger partial charge in [0.25, 0.3) is 0 Å². The van der Waals surface area contributed by atoms with Gasteiger partial charge in [-0.3, -0.25) is 0 Å². The first-order valence-electron chi connectivity index (χ1n) is 7.37. The number of aromatic nitrogens is 2.